The highest BCUT2D eigenvalue weighted by atomic mass is 35.5. The number of aliphatic imine (C=N–C) groups is 1. The largest absolute Gasteiger partial charge is 0.344 e. The molecule has 3 heteroatoms. The van der Waals surface area contributed by atoms with Crippen molar-refractivity contribution in [2.24, 2.45) is 4.99 Å². The third-order valence-corrected chi connectivity index (χ3v) is 2.68. The highest BCUT2D eigenvalue weighted by Crippen LogP contribution is 2.21. The Bertz CT molecular complexity index is 361. The van der Waals surface area contributed by atoms with E-state index in [0.29, 0.717) is 0 Å². The summed E-state index contributed by atoms with van der Waals surface area (Å²) in [7, 11) is 0. The summed E-state index contributed by atoms with van der Waals surface area (Å²) in [6.07, 6.45) is 4.56. The summed E-state index contributed by atoms with van der Waals surface area (Å²) in [5, 5.41) is 3.44. The number of halogens is 1. The molecule has 16 heavy (non-hydrogen) atoms. The number of fused-ring (bicyclic) bond motifs is 1. The summed E-state index contributed by atoms with van der Waals surface area (Å²) in [4.78, 5) is 4.57. The van der Waals surface area contributed by atoms with Crippen molar-refractivity contribution in [2.45, 2.75) is 32.6 Å². The molecule has 0 radical (unpaired) electrons. The molecule has 1 aromatic carbocycles. The maximum Gasteiger partial charge on any atom is 0.101 e. The first-order valence-corrected chi connectivity index (χ1v) is 5.78. The summed E-state index contributed by atoms with van der Waals surface area (Å²) in [6.45, 7) is 3.10. The summed E-state index contributed by atoms with van der Waals surface area (Å²) in [5.41, 5.74) is 2.66. The Morgan fingerprint density at radius 2 is 2.06 bits per heavy atom. The van der Waals surface area contributed by atoms with Crippen LogP contribution in [0.15, 0.2) is 29.3 Å². The molecule has 1 aliphatic heterocycles. The quantitative estimate of drug-likeness (QED) is 0.836. The molecule has 0 aliphatic carbocycles. The number of anilines is 1. The molecular formula is C13H19ClN2. The van der Waals surface area contributed by atoms with Crippen LogP contribution in [-0.4, -0.2) is 12.4 Å². The van der Waals surface area contributed by atoms with E-state index in [0.717, 1.165) is 31.6 Å². The maximum atomic E-state index is 4.57. The van der Waals surface area contributed by atoms with Gasteiger partial charge >= 0.3 is 0 Å². The van der Waals surface area contributed by atoms with Crippen LogP contribution in [0.4, 0.5) is 5.69 Å². The molecule has 1 aromatic rings. The second kappa shape index (κ2) is 6.54. The Labute approximate surface area is 104 Å². The molecule has 0 unspecified atom stereocenters. The van der Waals surface area contributed by atoms with E-state index >= 15 is 0 Å². The van der Waals surface area contributed by atoms with Crippen LogP contribution in [0.1, 0.15) is 31.7 Å². The second-order valence-electron chi connectivity index (χ2n) is 3.96. The summed E-state index contributed by atoms with van der Waals surface area (Å²) < 4.78 is 0. The molecule has 0 atom stereocenters. The van der Waals surface area contributed by atoms with E-state index in [1.807, 2.05) is 0 Å². The van der Waals surface area contributed by atoms with Crippen LogP contribution < -0.4 is 5.32 Å². The van der Waals surface area contributed by atoms with Crippen molar-refractivity contribution in [2.75, 3.05) is 11.9 Å². The van der Waals surface area contributed by atoms with Gasteiger partial charge in [-0.1, -0.05) is 25.1 Å². The van der Waals surface area contributed by atoms with Crippen LogP contribution in [0.2, 0.25) is 0 Å². The fourth-order valence-electron chi connectivity index (χ4n) is 1.89. The first kappa shape index (κ1) is 13.0. The number of aryl methyl sites for hydroxylation is 1. The Morgan fingerprint density at radius 3 is 2.88 bits per heavy atom. The molecule has 1 N–H and O–H groups in total. The van der Waals surface area contributed by atoms with Crippen molar-refractivity contribution in [1.82, 2.24) is 0 Å². The predicted octanol–water partition coefficient (Wildman–Crippen LogP) is 3.67. The van der Waals surface area contributed by atoms with Crippen molar-refractivity contribution < 1.29 is 0 Å². The lowest BCUT2D eigenvalue weighted by Gasteiger charge is -2.08. The molecule has 0 spiro atoms. The summed E-state index contributed by atoms with van der Waals surface area (Å²) in [5.74, 6) is 1.15. The normalized spacial score (nSPS) is 16.9. The van der Waals surface area contributed by atoms with Gasteiger partial charge in [-0.25, -0.2) is 0 Å². The van der Waals surface area contributed by atoms with Crippen LogP contribution in [0.5, 0.6) is 0 Å². The van der Waals surface area contributed by atoms with Gasteiger partial charge in [0.2, 0.25) is 0 Å². The van der Waals surface area contributed by atoms with Crippen LogP contribution in [-0.2, 0) is 6.42 Å². The Morgan fingerprint density at radius 1 is 1.25 bits per heavy atom. The minimum absolute atomic E-state index is 0. The lowest BCUT2D eigenvalue weighted by Crippen LogP contribution is -2.11. The van der Waals surface area contributed by atoms with Crippen molar-refractivity contribution >= 4 is 23.9 Å². The molecule has 1 aliphatic rings. The van der Waals surface area contributed by atoms with Gasteiger partial charge in [0.05, 0.1) is 0 Å². The number of nitrogens with zero attached hydrogens (tertiary/aromatic N) is 1. The summed E-state index contributed by atoms with van der Waals surface area (Å²) >= 11 is 0. The number of benzene rings is 1. The smallest absolute Gasteiger partial charge is 0.101 e. The van der Waals surface area contributed by atoms with E-state index in [2.05, 4.69) is 41.5 Å². The SMILES string of the molecule is CCCN=C1CCCc2ccccc2N1.Cl. The molecule has 0 saturated heterocycles. The third-order valence-electron chi connectivity index (χ3n) is 2.68. The number of hydrogen-bond donors (Lipinski definition) is 1. The first-order valence-electron chi connectivity index (χ1n) is 5.78. The maximum absolute atomic E-state index is 4.57. The standard InChI is InChI=1S/C13H18N2.ClH/c1-2-10-14-13-9-5-7-11-6-3-4-8-12(11)15-13;/h3-4,6,8H,2,5,7,9-10H2,1H3,(H,14,15);1H. The van der Waals surface area contributed by atoms with Gasteiger partial charge in [-0.15, -0.1) is 12.4 Å². The van der Waals surface area contributed by atoms with Gasteiger partial charge in [-0.3, -0.25) is 4.99 Å². The van der Waals surface area contributed by atoms with E-state index in [1.54, 1.807) is 0 Å². The zero-order chi connectivity index (χ0) is 10.5. The fourth-order valence-corrected chi connectivity index (χ4v) is 1.89. The van der Waals surface area contributed by atoms with Gasteiger partial charge in [0.25, 0.3) is 0 Å². The van der Waals surface area contributed by atoms with Crippen LogP contribution in [0.3, 0.4) is 0 Å². The molecule has 0 amide bonds. The monoisotopic (exact) mass is 238 g/mol. The highest BCUT2D eigenvalue weighted by Gasteiger charge is 2.09. The van der Waals surface area contributed by atoms with Gasteiger partial charge in [0.15, 0.2) is 0 Å². The fraction of sp³-hybridized carbons (Fsp3) is 0.462. The molecule has 2 rings (SSSR count). The zero-order valence-corrected chi connectivity index (χ0v) is 10.5. The number of nitrogens with one attached hydrogen (secondary N) is 1. The van der Waals surface area contributed by atoms with Crippen molar-refractivity contribution in [3.8, 4) is 0 Å². The molecule has 0 saturated carbocycles. The van der Waals surface area contributed by atoms with Gasteiger partial charge in [-0.2, -0.15) is 0 Å². The summed E-state index contributed by atoms with van der Waals surface area (Å²) in [6, 6.07) is 8.52. The van der Waals surface area contributed by atoms with Gasteiger partial charge < -0.3 is 5.32 Å². The van der Waals surface area contributed by atoms with Crippen molar-refractivity contribution in [3.05, 3.63) is 29.8 Å². The average Bonchev–Trinajstić information content (AvgIpc) is 2.47. The number of rotatable bonds is 2. The van der Waals surface area contributed by atoms with Gasteiger partial charge in [0.1, 0.15) is 5.84 Å². The lowest BCUT2D eigenvalue weighted by atomic mass is 10.1. The minimum Gasteiger partial charge on any atom is -0.344 e. The van der Waals surface area contributed by atoms with E-state index in [4.69, 9.17) is 0 Å². The Kier molecular flexibility index (Phi) is 5.33. The van der Waals surface area contributed by atoms with Crippen LogP contribution in [0, 0.1) is 0 Å². The highest BCUT2D eigenvalue weighted by molar-refractivity contribution is 5.96. The average molecular weight is 239 g/mol. The molecular weight excluding hydrogens is 220 g/mol. The first-order chi connectivity index (χ1) is 7.40. The Hall–Kier alpha value is -1.02. The van der Waals surface area contributed by atoms with E-state index in [-0.39, 0.29) is 12.4 Å². The van der Waals surface area contributed by atoms with E-state index in [9.17, 15) is 0 Å². The second-order valence-corrected chi connectivity index (χ2v) is 3.96. The molecule has 2 nitrogen and oxygen atoms in total. The number of para-hydroxylation sites is 1. The van der Waals surface area contributed by atoms with E-state index in [1.165, 1.54) is 17.7 Å². The molecule has 0 aromatic heterocycles. The van der Waals surface area contributed by atoms with Gasteiger partial charge in [0, 0.05) is 18.7 Å². The molecule has 0 fully saturated rings. The topological polar surface area (TPSA) is 24.4 Å². The van der Waals surface area contributed by atoms with E-state index < -0.39 is 0 Å². The lowest BCUT2D eigenvalue weighted by molar-refractivity contribution is 0.863. The van der Waals surface area contributed by atoms with Crippen molar-refractivity contribution in [3.63, 3.8) is 0 Å². The zero-order valence-electron chi connectivity index (χ0n) is 9.70. The molecule has 88 valence electrons. The number of hydrogen-bond acceptors (Lipinski definition) is 1. The van der Waals surface area contributed by atoms with Crippen LogP contribution >= 0.6 is 12.4 Å². The van der Waals surface area contributed by atoms with Crippen LogP contribution in [0.25, 0.3) is 0 Å². The molecule has 1 heterocycles. The number of amidine groups is 1. The predicted molar refractivity (Wildman–Crippen MR) is 72.8 cm³/mol. The third kappa shape index (κ3) is 3.24. The molecule has 0 bridgehead atoms. The van der Waals surface area contributed by atoms with Crippen molar-refractivity contribution in [1.29, 1.82) is 0 Å². The Balaban J connectivity index is 0.00000128. The van der Waals surface area contributed by atoms with Gasteiger partial charge in [-0.05, 0) is 30.9 Å². The minimum atomic E-state index is 0.